The summed E-state index contributed by atoms with van der Waals surface area (Å²) >= 11 is 0. The van der Waals surface area contributed by atoms with Crippen molar-refractivity contribution in [1.29, 1.82) is 5.26 Å². The second-order valence-corrected chi connectivity index (χ2v) is 12.4. The molecule has 1 saturated carbocycles. The molecule has 4 aliphatic rings. The molecule has 3 aliphatic heterocycles. The fourth-order valence-corrected chi connectivity index (χ4v) is 7.54. The van der Waals surface area contributed by atoms with Gasteiger partial charge in [0.2, 0.25) is 5.95 Å². The van der Waals surface area contributed by atoms with Gasteiger partial charge in [0.1, 0.15) is 5.82 Å². The first-order chi connectivity index (χ1) is 16.6. The molecule has 3 N–H and O–H groups in total. The van der Waals surface area contributed by atoms with E-state index >= 15 is 0 Å². The van der Waals surface area contributed by atoms with Crippen molar-refractivity contribution >= 4 is 28.1 Å². The number of hydrogen-bond acceptors (Lipinski definition) is 9. The van der Waals surface area contributed by atoms with Crippen LogP contribution in [0, 0.1) is 17.2 Å². The Bertz CT molecular complexity index is 1150. The first-order valence-corrected chi connectivity index (χ1v) is 13.7. The summed E-state index contributed by atoms with van der Waals surface area (Å²) in [5.41, 5.74) is -0.208. The van der Waals surface area contributed by atoms with E-state index in [4.69, 9.17) is 0 Å². The van der Waals surface area contributed by atoms with Crippen LogP contribution in [0.3, 0.4) is 0 Å². The van der Waals surface area contributed by atoms with Crippen LogP contribution in [0.25, 0.3) is 6.08 Å². The summed E-state index contributed by atoms with van der Waals surface area (Å²) in [6, 6.07) is 1.68. The summed E-state index contributed by atoms with van der Waals surface area (Å²) < 4.78 is 28.6. The number of anilines is 2. The molecule has 1 aliphatic carbocycles. The third kappa shape index (κ3) is 4.40. The van der Waals surface area contributed by atoms with Crippen molar-refractivity contribution < 1.29 is 18.6 Å². The van der Waals surface area contributed by atoms with Crippen molar-refractivity contribution in [2.45, 2.75) is 69.9 Å². The molecule has 0 spiro atoms. The van der Waals surface area contributed by atoms with E-state index in [0.717, 1.165) is 6.42 Å². The molecular weight excluding hydrogens is 470 g/mol. The second-order valence-electron chi connectivity index (χ2n) is 10.5. The molecule has 2 saturated heterocycles. The standard InChI is InChI=1S/C23H33N7O4S/c1-15-13-29(14-15)35(33,34)28-8-5-18(6-9-28)26-22-25-12-17-10-16(11-24)21(31)30(20(17)27-22)19-4-3-7-23(19,2)32/h10,12,15,18-19,21,31-32H,3-9,13-14H2,1-2H3,(H,25,26,27)/t19-,21?,23-/m1/s1. The molecule has 1 aromatic heterocycles. The number of nitrogens with zero attached hydrogens (tertiary/aromatic N) is 6. The summed E-state index contributed by atoms with van der Waals surface area (Å²) in [5.74, 6) is 1.27. The molecule has 35 heavy (non-hydrogen) atoms. The van der Waals surface area contributed by atoms with Crippen molar-refractivity contribution in [1.82, 2.24) is 18.6 Å². The fourth-order valence-electron chi connectivity index (χ4n) is 5.65. The van der Waals surface area contributed by atoms with Crippen LogP contribution in [0.4, 0.5) is 11.8 Å². The molecule has 190 valence electrons. The lowest BCUT2D eigenvalue weighted by Crippen LogP contribution is -2.56. The quantitative estimate of drug-likeness (QED) is 0.533. The third-order valence-electron chi connectivity index (χ3n) is 7.71. The predicted molar refractivity (Wildman–Crippen MR) is 130 cm³/mol. The molecule has 12 heteroatoms. The Morgan fingerprint density at radius 3 is 2.54 bits per heavy atom. The van der Waals surface area contributed by atoms with Crippen LogP contribution in [0.2, 0.25) is 0 Å². The number of piperidine rings is 1. The Morgan fingerprint density at radius 2 is 1.94 bits per heavy atom. The number of aromatic nitrogens is 2. The summed E-state index contributed by atoms with van der Waals surface area (Å²) in [6.07, 6.45) is 5.38. The maximum atomic E-state index is 12.8. The lowest BCUT2D eigenvalue weighted by Gasteiger charge is -2.42. The number of fused-ring (bicyclic) bond motifs is 1. The van der Waals surface area contributed by atoms with E-state index in [1.165, 1.54) is 0 Å². The van der Waals surface area contributed by atoms with Crippen molar-refractivity contribution in [3.8, 4) is 6.07 Å². The van der Waals surface area contributed by atoms with Crippen molar-refractivity contribution in [3.05, 3.63) is 17.3 Å². The largest absolute Gasteiger partial charge is 0.388 e. The van der Waals surface area contributed by atoms with E-state index in [2.05, 4.69) is 21.4 Å². The van der Waals surface area contributed by atoms with Crippen LogP contribution in [-0.2, 0) is 10.2 Å². The summed E-state index contributed by atoms with van der Waals surface area (Å²) in [5, 5.41) is 34.7. The third-order valence-corrected chi connectivity index (χ3v) is 9.68. The first-order valence-electron chi connectivity index (χ1n) is 12.3. The van der Waals surface area contributed by atoms with Gasteiger partial charge in [-0.15, -0.1) is 0 Å². The van der Waals surface area contributed by atoms with Gasteiger partial charge in [0.15, 0.2) is 6.23 Å². The minimum absolute atomic E-state index is 0.0107. The number of nitrogens with one attached hydrogen (secondary N) is 1. The topological polar surface area (TPSA) is 146 Å². The van der Waals surface area contributed by atoms with Gasteiger partial charge in [-0.1, -0.05) is 6.92 Å². The van der Waals surface area contributed by atoms with Gasteiger partial charge < -0.3 is 20.4 Å². The van der Waals surface area contributed by atoms with Crippen molar-refractivity contribution in [2.75, 3.05) is 36.4 Å². The zero-order chi connectivity index (χ0) is 25.0. The zero-order valence-electron chi connectivity index (χ0n) is 20.1. The van der Waals surface area contributed by atoms with Crippen LogP contribution in [0.15, 0.2) is 11.8 Å². The molecule has 1 aromatic rings. The van der Waals surface area contributed by atoms with E-state index < -0.39 is 22.0 Å². The van der Waals surface area contributed by atoms with Gasteiger partial charge in [-0.2, -0.15) is 27.3 Å². The molecule has 3 fully saturated rings. The molecule has 3 atom stereocenters. The molecule has 5 rings (SSSR count). The lowest BCUT2D eigenvalue weighted by molar-refractivity contribution is 0.0356. The Morgan fingerprint density at radius 1 is 1.23 bits per heavy atom. The number of nitriles is 1. The van der Waals surface area contributed by atoms with Crippen LogP contribution >= 0.6 is 0 Å². The minimum Gasteiger partial charge on any atom is -0.388 e. The Hall–Kier alpha value is -2.30. The summed E-state index contributed by atoms with van der Waals surface area (Å²) in [6.45, 7) is 5.83. The molecule has 4 heterocycles. The maximum Gasteiger partial charge on any atom is 0.281 e. The second kappa shape index (κ2) is 8.97. The van der Waals surface area contributed by atoms with E-state index in [1.54, 1.807) is 32.7 Å². The first kappa shape index (κ1) is 24.4. The highest BCUT2D eigenvalue weighted by Crippen LogP contribution is 2.41. The molecule has 11 nitrogen and oxygen atoms in total. The molecular formula is C23H33N7O4S. The van der Waals surface area contributed by atoms with Gasteiger partial charge in [-0.25, -0.2) is 4.98 Å². The van der Waals surface area contributed by atoms with Crippen LogP contribution in [0.1, 0.15) is 51.5 Å². The molecule has 0 bridgehead atoms. The van der Waals surface area contributed by atoms with Gasteiger partial charge in [0.05, 0.1) is 23.3 Å². The molecule has 1 unspecified atom stereocenters. The number of aliphatic hydroxyl groups is 2. The van der Waals surface area contributed by atoms with Gasteiger partial charge in [0, 0.05) is 44.0 Å². The molecule has 0 radical (unpaired) electrons. The highest BCUT2D eigenvalue weighted by atomic mass is 32.2. The smallest absolute Gasteiger partial charge is 0.281 e. The highest BCUT2D eigenvalue weighted by molar-refractivity contribution is 7.86. The minimum atomic E-state index is -3.39. The summed E-state index contributed by atoms with van der Waals surface area (Å²) in [4.78, 5) is 10.8. The van der Waals surface area contributed by atoms with Crippen LogP contribution in [0.5, 0.6) is 0 Å². The van der Waals surface area contributed by atoms with E-state index in [9.17, 15) is 23.9 Å². The zero-order valence-corrected chi connectivity index (χ0v) is 20.9. The SMILES string of the molecule is CC1CN(S(=O)(=O)N2CCC(Nc3ncc4c(n3)N([C@@H]3CCC[C@@]3(C)O)C(O)C(C#N)=C4)CC2)C1. The Balaban J connectivity index is 1.31. The van der Waals surface area contributed by atoms with Crippen LogP contribution in [-0.4, -0.2) is 87.3 Å². The monoisotopic (exact) mass is 503 g/mol. The maximum absolute atomic E-state index is 12.8. The Kier molecular flexibility index (Phi) is 6.26. The number of hydrogen-bond donors (Lipinski definition) is 3. The van der Waals surface area contributed by atoms with Crippen molar-refractivity contribution in [3.63, 3.8) is 0 Å². The number of aliphatic hydroxyl groups excluding tert-OH is 1. The normalized spacial score (nSPS) is 30.9. The average Bonchev–Trinajstić information content (AvgIpc) is 3.15. The highest BCUT2D eigenvalue weighted by Gasteiger charge is 2.46. The van der Waals surface area contributed by atoms with Gasteiger partial charge in [0.25, 0.3) is 10.2 Å². The molecule has 0 aromatic carbocycles. The molecule has 0 amide bonds. The van der Waals surface area contributed by atoms with E-state index in [1.807, 2.05) is 6.92 Å². The lowest BCUT2D eigenvalue weighted by atomic mass is 9.95. The van der Waals surface area contributed by atoms with E-state index in [-0.39, 0.29) is 17.7 Å². The fraction of sp³-hybridized carbons (Fsp3) is 0.696. The van der Waals surface area contributed by atoms with E-state index in [0.29, 0.717) is 75.1 Å². The van der Waals surface area contributed by atoms with Gasteiger partial charge >= 0.3 is 0 Å². The Labute approximate surface area is 206 Å². The van der Waals surface area contributed by atoms with Gasteiger partial charge in [-0.05, 0) is 51.0 Å². The number of rotatable bonds is 5. The average molecular weight is 504 g/mol. The summed E-state index contributed by atoms with van der Waals surface area (Å²) in [7, 11) is -3.39. The van der Waals surface area contributed by atoms with Gasteiger partial charge in [-0.3, -0.25) is 0 Å². The predicted octanol–water partition coefficient (Wildman–Crippen LogP) is 0.898. The van der Waals surface area contributed by atoms with Crippen molar-refractivity contribution in [2.24, 2.45) is 5.92 Å². The van der Waals surface area contributed by atoms with Crippen LogP contribution < -0.4 is 10.2 Å².